The zero-order valence-electron chi connectivity index (χ0n) is 16.5. The van der Waals surface area contributed by atoms with Gasteiger partial charge in [0.2, 0.25) is 6.79 Å². The van der Waals surface area contributed by atoms with Crippen LogP contribution in [0, 0.1) is 6.92 Å². The number of Topliss-reactive ketones (excluding diaryl/α,β-unsaturated/α-hetero) is 1. The summed E-state index contributed by atoms with van der Waals surface area (Å²) in [5, 5.41) is 4.74. The van der Waals surface area contributed by atoms with Crippen molar-refractivity contribution < 1.29 is 14.3 Å². The summed E-state index contributed by atoms with van der Waals surface area (Å²) < 4.78 is 12.7. The van der Waals surface area contributed by atoms with Crippen molar-refractivity contribution in [1.82, 2.24) is 19.7 Å². The van der Waals surface area contributed by atoms with Gasteiger partial charge in [-0.2, -0.15) is 0 Å². The number of aromatic nitrogens is 4. The second kappa shape index (κ2) is 7.11. The van der Waals surface area contributed by atoms with Gasteiger partial charge in [-0.1, -0.05) is 30.3 Å². The van der Waals surface area contributed by atoms with E-state index in [0.29, 0.717) is 34.4 Å². The summed E-state index contributed by atoms with van der Waals surface area (Å²) in [6, 6.07) is 18.7. The molecule has 2 aromatic heterocycles. The molecule has 30 heavy (non-hydrogen) atoms. The highest BCUT2D eigenvalue weighted by Gasteiger charge is 2.19. The molecule has 0 spiro atoms. The lowest BCUT2D eigenvalue weighted by Crippen LogP contribution is -2.01. The van der Waals surface area contributed by atoms with Crippen LogP contribution in [0.15, 0.2) is 60.7 Å². The summed E-state index contributed by atoms with van der Waals surface area (Å²) in [6.07, 6.45) is 0. The molecule has 0 aliphatic carbocycles. The number of rotatable bonds is 4. The number of nitrogens with zero attached hydrogens (tertiary/aromatic N) is 4. The minimum atomic E-state index is 0.0186. The molecule has 0 bridgehead atoms. The minimum Gasteiger partial charge on any atom is -0.454 e. The Morgan fingerprint density at radius 1 is 0.967 bits per heavy atom. The standard InChI is InChI=1S/C23H18N4O3/c1-14-4-3-5-19(24-14)23-25-22(17-8-6-16(7-9-17)15(2)28)26-27(23)18-10-11-20-21(12-18)30-13-29-20/h3-12H,13H2,1-2H3. The molecule has 148 valence electrons. The van der Waals surface area contributed by atoms with Gasteiger partial charge in [-0.25, -0.2) is 14.6 Å². The highest BCUT2D eigenvalue weighted by Crippen LogP contribution is 2.35. The number of hydrogen-bond acceptors (Lipinski definition) is 6. The highest BCUT2D eigenvalue weighted by molar-refractivity contribution is 5.94. The smallest absolute Gasteiger partial charge is 0.231 e. The lowest BCUT2D eigenvalue weighted by Gasteiger charge is -2.07. The van der Waals surface area contributed by atoms with Gasteiger partial charge in [0.15, 0.2) is 28.9 Å². The fourth-order valence-electron chi connectivity index (χ4n) is 3.32. The van der Waals surface area contributed by atoms with Crippen LogP contribution < -0.4 is 9.47 Å². The molecule has 2 aromatic carbocycles. The Bertz CT molecular complexity index is 1260. The average molecular weight is 398 g/mol. The third-order valence-corrected chi connectivity index (χ3v) is 4.87. The van der Waals surface area contributed by atoms with Crippen molar-refractivity contribution in [3.05, 3.63) is 71.9 Å². The van der Waals surface area contributed by atoms with Gasteiger partial charge in [0, 0.05) is 22.9 Å². The molecule has 0 amide bonds. The fraction of sp³-hybridized carbons (Fsp3) is 0.130. The first-order valence-corrected chi connectivity index (χ1v) is 9.51. The van der Waals surface area contributed by atoms with Gasteiger partial charge in [0.05, 0.1) is 5.69 Å². The van der Waals surface area contributed by atoms with E-state index in [-0.39, 0.29) is 12.6 Å². The number of aryl methyl sites for hydroxylation is 1. The van der Waals surface area contributed by atoms with Gasteiger partial charge in [-0.05, 0) is 38.1 Å². The van der Waals surface area contributed by atoms with Crippen LogP contribution >= 0.6 is 0 Å². The van der Waals surface area contributed by atoms with E-state index >= 15 is 0 Å². The van der Waals surface area contributed by atoms with E-state index in [1.807, 2.05) is 55.5 Å². The van der Waals surface area contributed by atoms with E-state index in [1.54, 1.807) is 23.7 Å². The first-order valence-electron chi connectivity index (χ1n) is 9.51. The maximum Gasteiger partial charge on any atom is 0.231 e. The Balaban J connectivity index is 1.65. The van der Waals surface area contributed by atoms with E-state index in [0.717, 1.165) is 16.9 Å². The molecule has 0 N–H and O–H groups in total. The first kappa shape index (κ1) is 18.1. The van der Waals surface area contributed by atoms with Gasteiger partial charge in [-0.3, -0.25) is 4.79 Å². The minimum absolute atomic E-state index is 0.0186. The van der Waals surface area contributed by atoms with E-state index in [9.17, 15) is 4.79 Å². The van der Waals surface area contributed by atoms with Crippen molar-refractivity contribution in [1.29, 1.82) is 0 Å². The quantitative estimate of drug-likeness (QED) is 0.479. The molecule has 0 radical (unpaired) electrons. The zero-order chi connectivity index (χ0) is 20.7. The zero-order valence-corrected chi connectivity index (χ0v) is 16.5. The van der Waals surface area contributed by atoms with Crippen molar-refractivity contribution in [2.75, 3.05) is 6.79 Å². The number of carbonyl (C=O) groups is 1. The molecule has 0 atom stereocenters. The Labute approximate surface area is 172 Å². The van der Waals surface area contributed by atoms with Crippen molar-refractivity contribution in [2.24, 2.45) is 0 Å². The predicted octanol–water partition coefficient (Wildman–Crippen LogP) is 4.24. The second-order valence-electron chi connectivity index (χ2n) is 7.01. The summed E-state index contributed by atoms with van der Waals surface area (Å²) in [6.45, 7) is 3.69. The van der Waals surface area contributed by atoms with Crippen molar-refractivity contribution in [3.8, 4) is 40.1 Å². The van der Waals surface area contributed by atoms with Crippen LogP contribution in [0.1, 0.15) is 23.0 Å². The first-order chi connectivity index (χ1) is 14.6. The van der Waals surface area contributed by atoms with E-state index in [4.69, 9.17) is 19.6 Å². The summed E-state index contributed by atoms with van der Waals surface area (Å²) in [4.78, 5) is 21.0. The number of hydrogen-bond donors (Lipinski definition) is 0. The second-order valence-corrected chi connectivity index (χ2v) is 7.01. The van der Waals surface area contributed by atoms with E-state index in [2.05, 4.69) is 4.98 Å². The molecule has 1 aliphatic heterocycles. The Morgan fingerprint density at radius 3 is 2.53 bits per heavy atom. The molecule has 3 heterocycles. The Kier molecular flexibility index (Phi) is 4.28. The van der Waals surface area contributed by atoms with Crippen molar-refractivity contribution in [3.63, 3.8) is 0 Å². The SMILES string of the molecule is CC(=O)c1ccc(-c2nc(-c3cccc(C)n3)n(-c3ccc4c(c3)OCO4)n2)cc1. The summed E-state index contributed by atoms with van der Waals surface area (Å²) in [5.41, 5.74) is 3.85. The summed E-state index contributed by atoms with van der Waals surface area (Å²) in [5.74, 6) is 2.54. The van der Waals surface area contributed by atoms with Crippen LogP contribution in [0.25, 0.3) is 28.6 Å². The van der Waals surface area contributed by atoms with E-state index in [1.165, 1.54) is 0 Å². The maximum absolute atomic E-state index is 11.6. The van der Waals surface area contributed by atoms with Gasteiger partial charge in [0.25, 0.3) is 0 Å². The molecule has 0 fully saturated rings. The third kappa shape index (κ3) is 3.20. The molecule has 7 nitrogen and oxygen atoms in total. The Hall–Kier alpha value is -4.00. The number of carbonyl (C=O) groups excluding carboxylic acids is 1. The molecular weight excluding hydrogens is 380 g/mol. The van der Waals surface area contributed by atoms with Gasteiger partial charge in [-0.15, -0.1) is 5.10 Å². The molecule has 1 aliphatic rings. The van der Waals surface area contributed by atoms with Crippen LogP contribution in [0.4, 0.5) is 0 Å². The summed E-state index contributed by atoms with van der Waals surface area (Å²) in [7, 11) is 0. The molecule has 5 rings (SSSR count). The lowest BCUT2D eigenvalue weighted by molar-refractivity contribution is 0.101. The normalized spacial score (nSPS) is 12.2. The van der Waals surface area contributed by atoms with Gasteiger partial charge >= 0.3 is 0 Å². The van der Waals surface area contributed by atoms with Crippen LogP contribution in [-0.4, -0.2) is 32.3 Å². The number of benzene rings is 2. The number of ether oxygens (including phenoxy) is 2. The number of ketones is 1. The third-order valence-electron chi connectivity index (χ3n) is 4.87. The molecular formula is C23H18N4O3. The van der Waals surface area contributed by atoms with Gasteiger partial charge < -0.3 is 9.47 Å². The van der Waals surface area contributed by atoms with Crippen LogP contribution in [0.3, 0.4) is 0 Å². The maximum atomic E-state index is 11.6. The van der Waals surface area contributed by atoms with Crippen LogP contribution in [0.2, 0.25) is 0 Å². The van der Waals surface area contributed by atoms with Crippen LogP contribution in [-0.2, 0) is 0 Å². The monoisotopic (exact) mass is 398 g/mol. The molecule has 7 heteroatoms. The number of fused-ring (bicyclic) bond motifs is 1. The molecule has 0 saturated carbocycles. The molecule has 4 aromatic rings. The predicted molar refractivity (Wildman–Crippen MR) is 111 cm³/mol. The van der Waals surface area contributed by atoms with Gasteiger partial charge in [0.1, 0.15) is 5.69 Å². The van der Waals surface area contributed by atoms with Crippen molar-refractivity contribution in [2.45, 2.75) is 13.8 Å². The molecule has 0 unspecified atom stereocenters. The fourth-order valence-corrected chi connectivity index (χ4v) is 3.32. The Morgan fingerprint density at radius 2 is 1.77 bits per heavy atom. The largest absolute Gasteiger partial charge is 0.454 e. The van der Waals surface area contributed by atoms with Crippen LogP contribution in [0.5, 0.6) is 11.5 Å². The highest BCUT2D eigenvalue weighted by atomic mass is 16.7. The lowest BCUT2D eigenvalue weighted by atomic mass is 10.1. The van der Waals surface area contributed by atoms with E-state index < -0.39 is 0 Å². The average Bonchev–Trinajstić information content (AvgIpc) is 3.40. The topological polar surface area (TPSA) is 79.1 Å². The number of pyridine rings is 1. The summed E-state index contributed by atoms with van der Waals surface area (Å²) >= 11 is 0. The molecule has 0 saturated heterocycles. The van der Waals surface area contributed by atoms with Crippen molar-refractivity contribution >= 4 is 5.78 Å².